The Morgan fingerprint density at radius 3 is 1.44 bits per heavy atom. The molecule has 0 radical (unpaired) electrons. The third-order valence-electron chi connectivity index (χ3n) is 14.2. The fourth-order valence-electron chi connectivity index (χ4n) is 10.7. The van der Waals surface area contributed by atoms with Gasteiger partial charge in [-0.3, -0.25) is 0 Å². The topological polar surface area (TPSA) is 6.48 Å². The highest BCUT2D eigenvalue weighted by Crippen LogP contribution is 2.49. The highest BCUT2D eigenvalue weighted by Gasteiger charge is 2.44. The van der Waals surface area contributed by atoms with Crippen LogP contribution in [-0.4, -0.2) is 6.71 Å². The van der Waals surface area contributed by atoms with E-state index in [1.165, 1.54) is 116 Å². The minimum Gasteiger partial charge on any atom is -0.311 e. The van der Waals surface area contributed by atoms with E-state index < -0.39 is 0 Å². The second-order valence-corrected chi connectivity index (χ2v) is 21.0. The number of anilines is 6. The molecule has 0 spiro atoms. The summed E-state index contributed by atoms with van der Waals surface area (Å²) in [5.41, 5.74) is 19.4. The number of fused-ring (bicyclic) bond motifs is 4. The first-order chi connectivity index (χ1) is 30.2. The van der Waals surface area contributed by atoms with Gasteiger partial charge in [-0.2, -0.15) is 0 Å². The largest absolute Gasteiger partial charge is 0.311 e. The van der Waals surface area contributed by atoms with E-state index in [0.717, 1.165) is 0 Å². The number of rotatable bonds is 5. The predicted octanol–water partition coefficient (Wildman–Crippen LogP) is 15.2. The summed E-state index contributed by atoms with van der Waals surface area (Å²) in [6.45, 7) is 23.2. The summed E-state index contributed by atoms with van der Waals surface area (Å²) in [6.07, 6.45) is 0. The highest BCUT2D eigenvalue weighted by molar-refractivity contribution is 7.00. The molecule has 0 atom stereocenters. The van der Waals surface area contributed by atoms with Crippen molar-refractivity contribution in [2.45, 2.75) is 91.9 Å². The third kappa shape index (κ3) is 6.22. The van der Waals surface area contributed by atoms with Crippen LogP contribution in [0.25, 0.3) is 43.4 Å². The van der Waals surface area contributed by atoms with Gasteiger partial charge >= 0.3 is 0 Å². The normalized spacial score (nSPS) is 13.7. The average molecular weight is 817 g/mol. The van der Waals surface area contributed by atoms with Gasteiger partial charge in [-0.1, -0.05) is 160 Å². The van der Waals surface area contributed by atoms with Crippen molar-refractivity contribution in [2.24, 2.45) is 0 Å². The molecule has 0 N–H and O–H groups in total. The molecule has 3 heteroatoms. The summed E-state index contributed by atoms with van der Waals surface area (Å²) in [7, 11) is 0. The van der Waals surface area contributed by atoms with E-state index in [-0.39, 0.29) is 17.5 Å². The van der Waals surface area contributed by atoms with Gasteiger partial charge in [0.05, 0.1) is 5.69 Å². The minimum absolute atomic E-state index is 0.0345. The van der Waals surface area contributed by atoms with Crippen molar-refractivity contribution >= 4 is 89.5 Å². The molecule has 0 bridgehead atoms. The minimum atomic E-state index is -0.0345. The lowest BCUT2D eigenvalue weighted by atomic mass is 9.33. The first-order valence-electron chi connectivity index (χ1n) is 23.1. The lowest BCUT2D eigenvalue weighted by Crippen LogP contribution is -2.61. The van der Waals surface area contributed by atoms with Gasteiger partial charge in [0, 0.05) is 34.0 Å². The van der Waals surface area contributed by atoms with Crippen molar-refractivity contribution in [3.8, 4) is 11.1 Å². The average Bonchev–Trinajstić information content (AvgIpc) is 3.27. The molecule has 0 aliphatic carbocycles. The molecule has 9 aromatic carbocycles. The SMILES string of the molecule is CC(C)c1ccc2c(c1)B1c3cc(C(C)C)ccc3N(c3ccc(C(C)(C)C)cc3-c3cc4ccc5cccc6ccc(c3)c4c56)c3cccc(c31)N2c1ccc(C(C)(C)C)cc1. The van der Waals surface area contributed by atoms with Gasteiger partial charge in [-0.05, 0) is 160 Å². The van der Waals surface area contributed by atoms with Crippen molar-refractivity contribution in [1.29, 1.82) is 0 Å². The van der Waals surface area contributed by atoms with E-state index in [1.807, 2.05) is 0 Å². The Morgan fingerprint density at radius 1 is 0.413 bits per heavy atom. The van der Waals surface area contributed by atoms with Crippen LogP contribution in [0.1, 0.15) is 103 Å². The molecule has 11 rings (SSSR count). The van der Waals surface area contributed by atoms with Crippen molar-refractivity contribution in [3.63, 3.8) is 0 Å². The summed E-state index contributed by atoms with van der Waals surface area (Å²) in [4.78, 5) is 5.15. The maximum atomic E-state index is 2.61. The van der Waals surface area contributed by atoms with Gasteiger partial charge in [-0.15, -0.1) is 0 Å². The van der Waals surface area contributed by atoms with Crippen LogP contribution in [0.4, 0.5) is 34.1 Å². The lowest BCUT2D eigenvalue weighted by molar-refractivity contribution is 0.590. The summed E-state index contributed by atoms with van der Waals surface area (Å²) >= 11 is 0. The molecule has 0 unspecified atom stereocenters. The van der Waals surface area contributed by atoms with E-state index in [0.29, 0.717) is 11.8 Å². The molecule has 2 heterocycles. The second-order valence-electron chi connectivity index (χ2n) is 21.0. The number of nitrogens with zero attached hydrogens (tertiary/aromatic N) is 2. The zero-order chi connectivity index (χ0) is 43.7. The molecule has 63 heavy (non-hydrogen) atoms. The first kappa shape index (κ1) is 39.5. The highest BCUT2D eigenvalue weighted by atomic mass is 15.2. The molecule has 0 aromatic heterocycles. The van der Waals surface area contributed by atoms with Gasteiger partial charge in [0.15, 0.2) is 0 Å². The Morgan fingerprint density at radius 2 is 0.889 bits per heavy atom. The first-order valence-corrected chi connectivity index (χ1v) is 23.1. The predicted molar refractivity (Wildman–Crippen MR) is 275 cm³/mol. The van der Waals surface area contributed by atoms with Gasteiger partial charge < -0.3 is 9.80 Å². The Balaban J connectivity index is 1.20. The quantitative estimate of drug-likeness (QED) is 0.126. The van der Waals surface area contributed by atoms with Crippen LogP contribution in [0.5, 0.6) is 0 Å². The number of hydrogen-bond acceptors (Lipinski definition) is 2. The van der Waals surface area contributed by atoms with E-state index in [4.69, 9.17) is 0 Å². The number of hydrogen-bond donors (Lipinski definition) is 0. The molecule has 0 amide bonds. The Kier molecular flexibility index (Phi) is 8.84. The van der Waals surface area contributed by atoms with Crippen molar-refractivity contribution in [1.82, 2.24) is 0 Å². The maximum absolute atomic E-state index is 2.61. The van der Waals surface area contributed by atoms with Crippen LogP contribution in [0, 0.1) is 0 Å². The van der Waals surface area contributed by atoms with Crippen molar-refractivity contribution < 1.29 is 0 Å². The summed E-state index contributed by atoms with van der Waals surface area (Å²) < 4.78 is 0. The molecule has 0 saturated carbocycles. The molecule has 2 aliphatic rings. The maximum Gasteiger partial charge on any atom is 0.252 e. The summed E-state index contributed by atoms with van der Waals surface area (Å²) in [5.74, 6) is 0.799. The molecule has 2 aliphatic heterocycles. The zero-order valence-electron chi connectivity index (χ0n) is 38.6. The summed E-state index contributed by atoms with van der Waals surface area (Å²) in [6, 6.07) is 59.0. The van der Waals surface area contributed by atoms with Gasteiger partial charge in [-0.25, -0.2) is 0 Å². The fraction of sp³-hybridized carbons (Fsp3) is 0.233. The summed E-state index contributed by atoms with van der Waals surface area (Å²) in [5, 5.41) is 7.86. The van der Waals surface area contributed by atoms with Crippen LogP contribution in [0.2, 0.25) is 0 Å². The molecular weight excluding hydrogens is 759 g/mol. The standard InChI is InChI=1S/C60H57BN2/c1-36(2)40-21-28-52-49(33-40)61-50-34-41(37(3)4)22-29-53(50)63(55-16-12-15-54(58(55)61)62(52)47-26-23-45(24-27-47)59(5,6)7)51-30-25-46(60(8,9)10)35-48(51)44-31-42-19-17-38-13-11-14-39-18-20-43(32-44)57(42)56(38)39/h11-37H,1-10H3. The van der Waals surface area contributed by atoms with Crippen LogP contribution in [0.3, 0.4) is 0 Å². The Hall–Kier alpha value is -6.32. The fourth-order valence-corrected chi connectivity index (χ4v) is 10.7. The lowest BCUT2D eigenvalue weighted by Gasteiger charge is -2.45. The molecule has 9 aromatic rings. The van der Waals surface area contributed by atoms with E-state index in [9.17, 15) is 0 Å². The molecule has 0 saturated heterocycles. The molecular formula is C60H57BN2. The van der Waals surface area contributed by atoms with Crippen molar-refractivity contribution in [2.75, 3.05) is 9.80 Å². The molecule has 310 valence electrons. The van der Waals surface area contributed by atoms with Crippen LogP contribution < -0.4 is 26.2 Å². The van der Waals surface area contributed by atoms with E-state index in [1.54, 1.807) is 0 Å². The Bertz CT molecular complexity index is 3200. The third-order valence-corrected chi connectivity index (χ3v) is 14.2. The van der Waals surface area contributed by atoms with E-state index >= 15 is 0 Å². The molecule has 2 nitrogen and oxygen atoms in total. The van der Waals surface area contributed by atoms with Crippen molar-refractivity contribution in [3.05, 3.63) is 174 Å². The van der Waals surface area contributed by atoms with Gasteiger partial charge in [0.25, 0.3) is 6.71 Å². The van der Waals surface area contributed by atoms with Gasteiger partial charge in [0.1, 0.15) is 0 Å². The smallest absolute Gasteiger partial charge is 0.252 e. The van der Waals surface area contributed by atoms with Crippen LogP contribution in [-0.2, 0) is 10.8 Å². The van der Waals surface area contributed by atoms with Crippen LogP contribution >= 0.6 is 0 Å². The monoisotopic (exact) mass is 816 g/mol. The molecule has 0 fully saturated rings. The van der Waals surface area contributed by atoms with Gasteiger partial charge in [0.2, 0.25) is 0 Å². The zero-order valence-corrected chi connectivity index (χ0v) is 38.6. The second kappa shape index (κ2) is 14.1. The van der Waals surface area contributed by atoms with Crippen LogP contribution in [0.15, 0.2) is 152 Å². The Labute approximate surface area is 374 Å². The number of benzene rings is 9. The van der Waals surface area contributed by atoms with E-state index in [2.05, 4.69) is 231 Å².